The van der Waals surface area contributed by atoms with Crippen LogP contribution in [0.25, 0.3) is 11.0 Å². The average molecular weight is 434 g/mol. The first-order valence-corrected chi connectivity index (χ1v) is 9.78. The highest BCUT2D eigenvalue weighted by Crippen LogP contribution is 2.38. The van der Waals surface area contributed by atoms with Gasteiger partial charge in [-0.3, -0.25) is 9.59 Å². The van der Waals surface area contributed by atoms with Crippen molar-refractivity contribution in [3.63, 3.8) is 0 Å². The molecule has 0 radical (unpaired) electrons. The largest absolute Gasteiger partial charge is 0.453 e. The maximum absolute atomic E-state index is 13.6. The number of benzene rings is 2. The Labute approximate surface area is 176 Å². The van der Waals surface area contributed by atoms with E-state index in [1.165, 1.54) is 24.3 Å². The minimum absolute atomic E-state index is 0.00646. The van der Waals surface area contributed by atoms with Crippen LogP contribution in [0.1, 0.15) is 38.0 Å². The smallest absolute Gasteiger partial charge is 0.449 e. The molecular weight excluding hydrogens is 413 g/mol. The summed E-state index contributed by atoms with van der Waals surface area (Å²) in [6.07, 6.45) is -3.85. The van der Waals surface area contributed by atoms with Gasteiger partial charge in [0.25, 0.3) is 5.76 Å². The Morgan fingerprint density at radius 2 is 1.77 bits per heavy atom. The molecule has 3 aromatic rings. The number of hydrogen-bond acceptors (Lipinski definition) is 5. The molecule has 0 saturated heterocycles. The summed E-state index contributed by atoms with van der Waals surface area (Å²) in [4.78, 5) is 25.0. The fourth-order valence-electron chi connectivity index (χ4n) is 3.12. The van der Waals surface area contributed by atoms with E-state index in [1.54, 1.807) is 19.1 Å². The fourth-order valence-corrected chi connectivity index (χ4v) is 3.12. The Bertz CT molecular complexity index is 1160. The summed E-state index contributed by atoms with van der Waals surface area (Å²) in [5.41, 5.74) is -0.586. The molecule has 0 spiro atoms. The van der Waals surface area contributed by atoms with E-state index in [4.69, 9.17) is 13.9 Å². The van der Waals surface area contributed by atoms with Crippen LogP contribution in [0.5, 0.6) is 17.2 Å². The Kier molecular flexibility index (Phi) is 6.38. The number of alkyl halides is 3. The topological polar surface area (TPSA) is 65.7 Å². The summed E-state index contributed by atoms with van der Waals surface area (Å²) >= 11 is 0. The molecule has 164 valence electrons. The van der Waals surface area contributed by atoms with Crippen LogP contribution in [0.15, 0.2) is 51.7 Å². The van der Waals surface area contributed by atoms with Crippen LogP contribution in [0.3, 0.4) is 0 Å². The highest BCUT2D eigenvalue weighted by atomic mass is 19.4. The number of carbonyl (C=O) groups excluding carboxylic acids is 1. The first-order valence-electron chi connectivity index (χ1n) is 9.78. The van der Waals surface area contributed by atoms with Crippen molar-refractivity contribution in [2.75, 3.05) is 0 Å². The van der Waals surface area contributed by atoms with Gasteiger partial charge < -0.3 is 13.9 Å². The predicted molar refractivity (Wildman–Crippen MR) is 108 cm³/mol. The van der Waals surface area contributed by atoms with Crippen LogP contribution < -0.4 is 14.9 Å². The number of hydrogen-bond donors (Lipinski definition) is 0. The number of rotatable bonds is 6. The van der Waals surface area contributed by atoms with Crippen molar-refractivity contribution in [3.8, 4) is 17.2 Å². The summed E-state index contributed by atoms with van der Waals surface area (Å²) in [7, 11) is 0. The molecule has 31 heavy (non-hydrogen) atoms. The van der Waals surface area contributed by atoms with E-state index in [0.717, 1.165) is 11.6 Å². The zero-order chi connectivity index (χ0) is 22.8. The normalized spacial score (nSPS) is 11.7. The van der Waals surface area contributed by atoms with Gasteiger partial charge in [0, 0.05) is 6.07 Å². The minimum atomic E-state index is -4.98. The lowest BCUT2D eigenvalue weighted by atomic mass is 10.0. The molecule has 0 bridgehead atoms. The summed E-state index contributed by atoms with van der Waals surface area (Å²) in [6.45, 7) is 5.41. The van der Waals surface area contributed by atoms with E-state index in [0.29, 0.717) is 12.8 Å². The monoisotopic (exact) mass is 434 g/mol. The van der Waals surface area contributed by atoms with Gasteiger partial charge in [-0.2, -0.15) is 13.2 Å². The molecular formula is C23H21F3O5. The van der Waals surface area contributed by atoms with Crippen molar-refractivity contribution < 1.29 is 31.9 Å². The van der Waals surface area contributed by atoms with Gasteiger partial charge in [0.1, 0.15) is 17.1 Å². The third kappa shape index (κ3) is 4.90. The van der Waals surface area contributed by atoms with Crippen molar-refractivity contribution in [3.05, 3.63) is 64.0 Å². The van der Waals surface area contributed by atoms with Gasteiger partial charge in [0.15, 0.2) is 0 Å². The molecule has 3 rings (SSSR count). The Balaban J connectivity index is 2.08. The van der Waals surface area contributed by atoms with E-state index in [9.17, 15) is 22.8 Å². The third-order valence-electron chi connectivity index (χ3n) is 4.83. The van der Waals surface area contributed by atoms with Crippen molar-refractivity contribution in [1.29, 1.82) is 0 Å². The lowest BCUT2D eigenvalue weighted by Gasteiger charge is -2.14. The second-order valence-electron chi connectivity index (χ2n) is 7.10. The molecule has 0 fully saturated rings. The number of esters is 1. The van der Waals surface area contributed by atoms with E-state index >= 15 is 0 Å². The van der Waals surface area contributed by atoms with E-state index in [2.05, 4.69) is 0 Å². The van der Waals surface area contributed by atoms with Crippen LogP contribution in [-0.2, 0) is 11.0 Å². The van der Waals surface area contributed by atoms with Crippen molar-refractivity contribution >= 4 is 16.9 Å². The van der Waals surface area contributed by atoms with Gasteiger partial charge in [-0.1, -0.05) is 26.0 Å². The molecule has 0 N–H and O–H groups in total. The first-order chi connectivity index (χ1) is 14.6. The number of ether oxygens (including phenoxy) is 2. The van der Waals surface area contributed by atoms with E-state index in [1.807, 2.05) is 13.8 Å². The van der Waals surface area contributed by atoms with Gasteiger partial charge in [-0.15, -0.1) is 0 Å². The van der Waals surface area contributed by atoms with Gasteiger partial charge in [-0.05, 0) is 49.6 Å². The van der Waals surface area contributed by atoms with Crippen molar-refractivity contribution in [1.82, 2.24) is 0 Å². The SMILES string of the molecule is CCC(CC)C(=O)Oc1ccc2c(=O)c(Oc3cccc(C)c3)c(C(F)(F)F)oc2c1. The summed E-state index contributed by atoms with van der Waals surface area (Å²) in [5, 5.41) is -0.127. The predicted octanol–water partition coefficient (Wildman–Crippen LogP) is 6.25. The lowest BCUT2D eigenvalue weighted by molar-refractivity contribution is -0.154. The third-order valence-corrected chi connectivity index (χ3v) is 4.83. The van der Waals surface area contributed by atoms with Crippen LogP contribution in [0.2, 0.25) is 0 Å². The molecule has 0 saturated carbocycles. The molecule has 0 aliphatic rings. The quantitative estimate of drug-likeness (QED) is 0.339. The average Bonchev–Trinajstić information content (AvgIpc) is 2.70. The van der Waals surface area contributed by atoms with Crippen LogP contribution in [0, 0.1) is 12.8 Å². The molecule has 0 unspecified atom stereocenters. The molecule has 0 atom stereocenters. The van der Waals surface area contributed by atoms with Crippen molar-refractivity contribution in [2.45, 2.75) is 39.8 Å². The minimum Gasteiger partial charge on any atom is -0.449 e. The maximum atomic E-state index is 13.6. The van der Waals surface area contributed by atoms with Gasteiger partial charge >= 0.3 is 12.1 Å². The molecule has 8 heteroatoms. The highest BCUT2D eigenvalue weighted by molar-refractivity contribution is 5.82. The van der Waals surface area contributed by atoms with E-state index < -0.39 is 29.1 Å². The lowest BCUT2D eigenvalue weighted by Crippen LogP contribution is -2.19. The fraction of sp³-hybridized carbons (Fsp3) is 0.304. The maximum Gasteiger partial charge on any atom is 0.453 e. The first kappa shape index (κ1) is 22.4. The molecule has 0 aliphatic carbocycles. The van der Waals surface area contributed by atoms with E-state index in [-0.39, 0.29) is 28.4 Å². The molecule has 2 aromatic carbocycles. The zero-order valence-corrected chi connectivity index (χ0v) is 17.2. The Morgan fingerprint density at radius 1 is 1.06 bits per heavy atom. The standard InChI is InChI=1S/C23H21F3O5/c1-4-14(5-2)22(28)30-16-9-10-17-18(12-16)31-21(23(24,25)26)20(19(17)27)29-15-8-6-7-13(3)11-15/h6-12,14H,4-5H2,1-3H3. The van der Waals surface area contributed by atoms with Crippen molar-refractivity contribution in [2.24, 2.45) is 5.92 Å². The van der Waals surface area contributed by atoms with Gasteiger partial charge in [0.05, 0.1) is 11.3 Å². The number of aryl methyl sites for hydroxylation is 1. The number of halogens is 3. The molecule has 1 aromatic heterocycles. The highest BCUT2D eigenvalue weighted by Gasteiger charge is 2.40. The van der Waals surface area contributed by atoms with Crippen LogP contribution in [0.4, 0.5) is 13.2 Å². The Hall–Kier alpha value is -3.29. The summed E-state index contributed by atoms with van der Waals surface area (Å²) in [5.74, 6) is -3.27. The Morgan fingerprint density at radius 3 is 2.39 bits per heavy atom. The second kappa shape index (κ2) is 8.83. The molecule has 1 heterocycles. The summed E-state index contributed by atoms with van der Waals surface area (Å²) in [6, 6.07) is 9.97. The molecule has 0 aliphatic heterocycles. The number of carbonyl (C=O) groups is 1. The second-order valence-corrected chi connectivity index (χ2v) is 7.10. The molecule has 5 nitrogen and oxygen atoms in total. The molecule has 0 amide bonds. The number of fused-ring (bicyclic) bond motifs is 1. The van der Waals surface area contributed by atoms with Crippen LogP contribution in [-0.4, -0.2) is 5.97 Å². The zero-order valence-electron chi connectivity index (χ0n) is 17.2. The van der Waals surface area contributed by atoms with Gasteiger partial charge in [0.2, 0.25) is 11.2 Å². The van der Waals surface area contributed by atoms with Crippen LogP contribution >= 0.6 is 0 Å². The summed E-state index contributed by atoms with van der Waals surface area (Å²) < 4.78 is 56.5. The van der Waals surface area contributed by atoms with Gasteiger partial charge in [-0.25, -0.2) is 0 Å².